The van der Waals surface area contributed by atoms with Gasteiger partial charge in [-0.25, -0.2) is 0 Å². The Bertz CT molecular complexity index is 386. The monoisotopic (exact) mass is 267 g/mol. The van der Waals surface area contributed by atoms with Crippen LogP contribution < -0.4 is 5.73 Å². The van der Waals surface area contributed by atoms with Gasteiger partial charge in [0.05, 0.1) is 0 Å². The van der Waals surface area contributed by atoms with Gasteiger partial charge in [0.15, 0.2) is 5.84 Å². The number of carbonyl (C=O) groups excluding carboxylic acids is 1. The Morgan fingerprint density at radius 1 is 1.47 bits per heavy atom. The summed E-state index contributed by atoms with van der Waals surface area (Å²) < 4.78 is 0. The lowest BCUT2D eigenvalue weighted by molar-refractivity contribution is -0.143. The van der Waals surface area contributed by atoms with Gasteiger partial charge in [-0.3, -0.25) is 4.79 Å². The largest absolute Gasteiger partial charge is 0.409 e. The number of amidine groups is 1. The molecule has 0 radical (unpaired) electrons. The van der Waals surface area contributed by atoms with Gasteiger partial charge in [0, 0.05) is 13.1 Å². The van der Waals surface area contributed by atoms with Crippen LogP contribution in [-0.2, 0) is 4.79 Å². The number of rotatable bonds is 3. The fourth-order valence-corrected chi connectivity index (χ4v) is 3.54. The van der Waals surface area contributed by atoms with Crippen molar-refractivity contribution in [2.75, 3.05) is 13.1 Å². The normalized spacial score (nSPS) is 35.6. The average Bonchev–Trinajstić information content (AvgIpc) is 2.82. The van der Waals surface area contributed by atoms with E-state index in [0.29, 0.717) is 30.6 Å². The zero-order chi connectivity index (χ0) is 14.2. The molecule has 1 unspecified atom stereocenters. The van der Waals surface area contributed by atoms with E-state index in [2.05, 4.69) is 25.9 Å². The Hall–Kier alpha value is -1.26. The molecule has 0 aromatic rings. The van der Waals surface area contributed by atoms with E-state index in [1.807, 2.05) is 4.90 Å². The highest BCUT2D eigenvalue weighted by molar-refractivity contribution is 6.07. The maximum Gasteiger partial charge on any atom is 0.236 e. The zero-order valence-corrected chi connectivity index (χ0v) is 12.1. The highest BCUT2D eigenvalue weighted by Gasteiger charge is 2.54. The number of hydrogen-bond donors (Lipinski definition) is 2. The van der Waals surface area contributed by atoms with Crippen molar-refractivity contribution >= 4 is 11.7 Å². The van der Waals surface area contributed by atoms with Crippen molar-refractivity contribution in [2.45, 2.75) is 40.0 Å². The molecule has 2 fully saturated rings. The Kier molecular flexibility index (Phi) is 3.74. The van der Waals surface area contributed by atoms with Crippen molar-refractivity contribution in [1.82, 2.24) is 4.90 Å². The molecular weight excluding hydrogens is 242 g/mol. The molecule has 1 aliphatic carbocycles. The molecule has 0 aromatic heterocycles. The highest BCUT2D eigenvalue weighted by atomic mass is 16.4. The number of oxime groups is 1. The van der Waals surface area contributed by atoms with Crippen LogP contribution in [0, 0.1) is 23.2 Å². The van der Waals surface area contributed by atoms with Crippen LogP contribution in [0.15, 0.2) is 5.16 Å². The second-order valence-corrected chi connectivity index (χ2v) is 6.62. The van der Waals surface area contributed by atoms with E-state index >= 15 is 0 Å². The number of hydrogen-bond acceptors (Lipinski definition) is 3. The number of carbonyl (C=O) groups is 1. The second kappa shape index (κ2) is 5.02. The van der Waals surface area contributed by atoms with E-state index in [-0.39, 0.29) is 11.7 Å². The van der Waals surface area contributed by atoms with E-state index in [1.54, 1.807) is 0 Å². The van der Waals surface area contributed by atoms with Crippen LogP contribution in [0.25, 0.3) is 0 Å². The summed E-state index contributed by atoms with van der Waals surface area (Å²) in [6.07, 6.45) is 2.46. The van der Waals surface area contributed by atoms with Gasteiger partial charge in [0.25, 0.3) is 0 Å². The second-order valence-electron chi connectivity index (χ2n) is 6.62. The van der Waals surface area contributed by atoms with Crippen LogP contribution in [0.1, 0.15) is 40.0 Å². The summed E-state index contributed by atoms with van der Waals surface area (Å²) in [7, 11) is 0. The summed E-state index contributed by atoms with van der Waals surface area (Å²) in [5.74, 6) is 1.78. The molecule has 1 saturated carbocycles. The van der Waals surface area contributed by atoms with Crippen molar-refractivity contribution in [2.24, 2.45) is 34.1 Å². The van der Waals surface area contributed by atoms with Crippen LogP contribution in [0.4, 0.5) is 0 Å². The molecule has 3 N–H and O–H groups in total. The Morgan fingerprint density at radius 2 is 2.11 bits per heavy atom. The van der Waals surface area contributed by atoms with E-state index in [9.17, 15) is 4.79 Å². The summed E-state index contributed by atoms with van der Waals surface area (Å²) in [6.45, 7) is 8.10. The van der Waals surface area contributed by atoms with Crippen LogP contribution in [-0.4, -0.2) is 34.9 Å². The Labute approximate surface area is 114 Å². The van der Waals surface area contributed by atoms with Crippen molar-refractivity contribution in [3.63, 3.8) is 0 Å². The molecule has 1 amide bonds. The van der Waals surface area contributed by atoms with Gasteiger partial charge in [0.2, 0.25) is 5.91 Å². The van der Waals surface area contributed by atoms with Gasteiger partial charge in [-0.2, -0.15) is 0 Å². The fourth-order valence-electron chi connectivity index (χ4n) is 3.54. The predicted octanol–water partition coefficient (Wildman–Crippen LogP) is 1.65. The van der Waals surface area contributed by atoms with Crippen molar-refractivity contribution < 1.29 is 10.0 Å². The molecule has 0 spiro atoms. The Balaban J connectivity index is 2.10. The van der Waals surface area contributed by atoms with Crippen molar-refractivity contribution in [3.8, 4) is 0 Å². The molecule has 5 nitrogen and oxygen atoms in total. The minimum atomic E-state index is -0.736. The Morgan fingerprint density at radius 3 is 2.53 bits per heavy atom. The van der Waals surface area contributed by atoms with Gasteiger partial charge >= 0.3 is 0 Å². The van der Waals surface area contributed by atoms with Gasteiger partial charge in [0.1, 0.15) is 5.41 Å². The number of amides is 1. The van der Waals surface area contributed by atoms with Gasteiger partial charge in [-0.1, -0.05) is 25.9 Å². The zero-order valence-electron chi connectivity index (χ0n) is 12.1. The SMILES string of the molecule is CC1CC(C(=O)N2CCC(C(C)C)C2)(C(N)=NO)C1. The molecule has 1 heterocycles. The standard InChI is InChI=1S/C14H25N3O2/c1-9(2)11-4-5-17(8-11)13(18)14(12(15)16-19)6-10(3)7-14/h9-11,19H,4-8H2,1-3H3,(H2,15,16). The smallest absolute Gasteiger partial charge is 0.236 e. The third-order valence-corrected chi connectivity index (χ3v) is 4.86. The number of nitrogens with zero attached hydrogens (tertiary/aromatic N) is 2. The summed E-state index contributed by atoms with van der Waals surface area (Å²) in [5.41, 5.74) is 5.05. The average molecular weight is 267 g/mol. The van der Waals surface area contributed by atoms with Gasteiger partial charge in [-0.05, 0) is 37.0 Å². The molecule has 0 bridgehead atoms. The first-order valence-electron chi connectivity index (χ1n) is 7.18. The van der Waals surface area contributed by atoms with Crippen LogP contribution in [0.5, 0.6) is 0 Å². The molecule has 1 aliphatic heterocycles. The summed E-state index contributed by atoms with van der Waals surface area (Å²) in [4.78, 5) is 14.6. The van der Waals surface area contributed by atoms with E-state index in [0.717, 1.165) is 19.5 Å². The summed E-state index contributed by atoms with van der Waals surface area (Å²) in [6, 6.07) is 0. The van der Waals surface area contributed by atoms with Gasteiger partial charge in [-0.15, -0.1) is 0 Å². The number of likely N-dealkylation sites (tertiary alicyclic amines) is 1. The van der Waals surface area contributed by atoms with E-state index < -0.39 is 5.41 Å². The topological polar surface area (TPSA) is 78.9 Å². The van der Waals surface area contributed by atoms with E-state index in [4.69, 9.17) is 10.9 Å². The first kappa shape index (κ1) is 14.2. The minimum Gasteiger partial charge on any atom is -0.409 e. The minimum absolute atomic E-state index is 0.0593. The molecular formula is C14H25N3O2. The van der Waals surface area contributed by atoms with Crippen molar-refractivity contribution in [1.29, 1.82) is 0 Å². The maximum atomic E-state index is 12.7. The maximum absolute atomic E-state index is 12.7. The highest BCUT2D eigenvalue weighted by Crippen LogP contribution is 2.47. The van der Waals surface area contributed by atoms with Crippen LogP contribution in [0.2, 0.25) is 0 Å². The van der Waals surface area contributed by atoms with Crippen molar-refractivity contribution in [3.05, 3.63) is 0 Å². The number of nitrogens with two attached hydrogens (primary N) is 1. The predicted molar refractivity (Wildman–Crippen MR) is 73.8 cm³/mol. The van der Waals surface area contributed by atoms with E-state index in [1.165, 1.54) is 0 Å². The van der Waals surface area contributed by atoms with Crippen LogP contribution in [0.3, 0.4) is 0 Å². The molecule has 1 atom stereocenters. The lowest BCUT2D eigenvalue weighted by atomic mass is 9.61. The van der Waals surface area contributed by atoms with Crippen LogP contribution >= 0.6 is 0 Å². The quantitative estimate of drug-likeness (QED) is 0.353. The third kappa shape index (κ3) is 2.30. The molecule has 5 heteroatoms. The first-order valence-corrected chi connectivity index (χ1v) is 7.18. The molecule has 19 heavy (non-hydrogen) atoms. The fraction of sp³-hybridized carbons (Fsp3) is 0.857. The summed E-state index contributed by atoms with van der Waals surface area (Å²) >= 11 is 0. The molecule has 108 valence electrons. The first-order chi connectivity index (χ1) is 8.90. The lowest BCUT2D eigenvalue weighted by Gasteiger charge is -2.45. The molecule has 1 saturated heterocycles. The molecule has 2 rings (SSSR count). The molecule has 2 aliphatic rings. The lowest BCUT2D eigenvalue weighted by Crippen LogP contribution is -2.57. The molecule has 0 aromatic carbocycles. The third-order valence-electron chi connectivity index (χ3n) is 4.86. The van der Waals surface area contributed by atoms with Gasteiger partial charge < -0.3 is 15.8 Å². The summed E-state index contributed by atoms with van der Waals surface area (Å²) in [5, 5.41) is 12.1.